The Morgan fingerprint density at radius 1 is 1.26 bits per heavy atom. The average molecular weight is 315 g/mol. The summed E-state index contributed by atoms with van der Waals surface area (Å²) in [7, 11) is 0. The molecular weight excluding hydrogens is 286 g/mol. The molecule has 3 rings (SSSR count). The molecule has 2 atom stereocenters. The topological polar surface area (TPSA) is 49.6 Å². The molecule has 2 N–H and O–H groups in total. The van der Waals surface area contributed by atoms with E-state index in [1.165, 1.54) is 18.4 Å². The summed E-state index contributed by atoms with van der Waals surface area (Å²) in [6.45, 7) is 7.45. The Morgan fingerprint density at radius 3 is 2.57 bits per heavy atom. The summed E-state index contributed by atoms with van der Waals surface area (Å²) in [4.78, 5) is 17.0. The van der Waals surface area contributed by atoms with Gasteiger partial charge in [0.05, 0.1) is 6.54 Å². The van der Waals surface area contributed by atoms with Crippen molar-refractivity contribution in [2.45, 2.75) is 44.7 Å². The van der Waals surface area contributed by atoms with Crippen molar-refractivity contribution in [1.29, 1.82) is 0 Å². The second-order valence-corrected chi connectivity index (χ2v) is 7.55. The van der Waals surface area contributed by atoms with Gasteiger partial charge in [0.1, 0.15) is 0 Å². The van der Waals surface area contributed by atoms with Crippen molar-refractivity contribution in [1.82, 2.24) is 9.80 Å². The van der Waals surface area contributed by atoms with Crippen LogP contribution < -0.4 is 5.73 Å². The Morgan fingerprint density at radius 2 is 1.96 bits per heavy atom. The van der Waals surface area contributed by atoms with Crippen LogP contribution >= 0.6 is 0 Å². The molecule has 1 heterocycles. The van der Waals surface area contributed by atoms with Gasteiger partial charge in [-0.2, -0.15) is 0 Å². The normalized spacial score (nSPS) is 25.0. The van der Waals surface area contributed by atoms with Gasteiger partial charge in [-0.05, 0) is 24.3 Å². The second-order valence-electron chi connectivity index (χ2n) is 7.55. The number of hydrogen-bond acceptors (Lipinski definition) is 3. The molecule has 1 saturated carbocycles. The van der Waals surface area contributed by atoms with Crippen LogP contribution in [0.25, 0.3) is 0 Å². The van der Waals surface area contributed by atoms with Crippen LogP contribution in [0, 0.1) is 5.92 Å². The van der Waals surface area contributed by atoms with Gasteiger partial charge in [-0.3, -0.25) is 9.69 Å². The highest BCUT2D eigenvalue weighted by Crippen LogP contribution is 2.29. The van der Waals surface area contributed by atoms with Gasteiger partial charge >= 0.3 is 0 Å². The Kier molecular flexibility index (Phi) is 5.02. The summed E-state index contributed by atoms with van der Waals surface area (Å²) >= 11 is 0. The van der Waals surface area contributed by atoms with E-state index in [1.54, 1.807) is 0 Å². The van der Waals surface area contributed by atoms with Crippen molar-refractivity contribution in [3.8, 4) is 0 Å². The Labute approximate surface area is 139 Å². The first-order valence-corrected chi connectivity index (χ1v) is 8.87. The van der Waals surface area contributed by atoms with Gasteiger partial charge in [-0.1, -0.05) is 44.2 Å². The SMILES string of the molecule is CC(C)CN(C(=O)CN1C[C@@H](N)[C@H](c2ccccc2)C1)C1CC1. The molecule has 2 aliphatic rings. The first-order valence-electron chi connectivity index (χ1n) is 8.87. The number of carbonyl (C=O) groups is 1. The Hall–Kier alpha value is -1.39. The largest absolute Gasteiger partial charge is 0.338 e. The van der Waals surface area contributed by atoms with Gasteiger partial charge in [-0.15, -0.1) is 0 Å². The van der Waals surface area contributed by atoms with Crippen LogP contribution in [0.2, 0.25) is 0 Å². The number of nitrogens with two attached hydrogens (primary N) is 1. The average Bonchev–Trinajstić information content (AvgIpc) is 3.29. The monoisotopic (exact) mass is 315 g/mol. The molecule has 1 aromatic carbocycles. The molecule has 23 heavy (non-hydrogen) atoms. The predicted molar refractivity (Wildman–Crippen MR) is 93.2 cm³/mol. The van der Waals surface area contributed by atoms with E-state index in [0.717, 1.165) is 19.6 Å². The molecule has 0 radical (unpaired) electrons. The lowest BCUT2D eigenvalue weighted by Gasteiger charge is -2.27. The number of carbonyl (C=O) groups excluding carboxylic acids is 1. The van der Waals surface area contributed by atoms with Crippen molar-refractivity contribution in [2.24, 2.45) is 11.7 Å². The fraction of sp³-hybridized carbons (Fsp3) is 0.632. The van der Waals surface area contributed by atoms with Gasteiger partial charge in [-0.25, -0.2) is 0 Å². The zero-order valence-electron chi connectivity index (χ0n) is 14.3. The van der Waals surface area contributed by atoms with E-state index < -0.39 is 0 Å². The van der Waals surface area contributed by atoms with Gasteiger partial charge in [0.25, 0.3) is 0 Å². The van der Waals surface area contributed by atoms with Gasteiger partial charge in [0.2, 0.25) is 5.91 Å². The molecule has 1 saturated heterocycles. The predicted octanol–water partition coefficient (Wildman–Crippen LogP) is 2.06. The lowest BCUT2D eigenvalue weighted by atomic mass is 9.95. The second kappa shape index (κ2) is 7.02. The maximum absolute atomic E-state index is 12.7. The number of rotatable bonds is 6. The quantitative estimate of drug-likeness (QED) is 0.874. The van der Waals surface area contributed by atoms with Crippen LogP contribution in [-0.2, 0) is 4.79 Å². The summed E-state index contributed by atoms with van der Waals surface area (Å²) in [6, 6.07) is 11.1. The smallest absolute Gasteiger partial charge is 0.237 e. The number of nitrogens with zero attached hydrogens (tertiary/aromatic N) is 2. The highest BCUT2D eigenvalue weighted by atomic mass is 16.2. The third kappa shape index (κ3) is 4.12. The fourth-order valence-electron chi connectivity index (χ4n) is 3.61. The van der Waals surface area contributed by atoms with E-state index in [2.05, 4.69) is 47.9 Å². The molecule has 0 aromatic heterocycles. The number of likely N-dealkylation sites (tertiary alicyclic amines) is 1. The standard InChI is InChI=1S/C19H29N3O/c1-14(2)10-22(16-8-9-16)19(23)13-21-11-17(18(20)12-21)15-6-4-3-5-7-15/h3-7,14,16-18H,8-13,20H2,1-2H3/t17-,18+/m0/s1. The van der Waals surface area contributed by atoms with Crippen molar-refractivity contribution < 1.29 is 4.79 Å². The number of benzene rings is 1. The first-order chi connectivity index (χ1) is 11.0. The molecule has 1 amide bonds. The maximum atomic E-state index is 12.7. The highest BCUT2D eigenvalue weighted by Gasteiger charge is 2.36. The molecule has 4 heteroatoms. The van der Waals surface area contributed by atoms with Crippen LogP contribution in [0.3, 0.4) is 0 Å². The summed E-state index contributed by atoms with van der Waals surface area (Å²) in [5.41, 5.74) is 7.63. The molecule has 0 bridgehead atoms. The Balaban J connectivity index is 1.59. The van der Waals surface area contributed by atoms with E-state index in [9.17, 15) is 4.79 Å². The maximum Gasteiger partial charge on any atom is 0.237 e. The molecule has 2 fully saturated rings. The summed E-state index contributed by atoms with van der Waals surface area (Å²) in [6.07, 6.45) is 2.34. The van der Waals surface area contributed by atoms with E-state index >= 15 is 0 Å². The van der Waals surface area contributed by atoms with Gasteiger partial charge < -0.3 is 10.6 Å². The molecule has 1 aliphatic heterocycles. The zero-order chi connectivity index (χ0) is 16.4. The van der Waals surface area contributed by atoms with E-state index in [4.69, 9.17) is 5.73 Å². The lowest BCUT2D eigenvalue weighted by Crippen LogP contribution is -2.43. The molecule has 0 spiro atoms. The third-order valence-corrected chi connectivity index (χ3v) is 4.90. The molecule has 4 nitrogen and oxygen atoms in total. The number of hydrogen-bond donors (Lipinski definition) is 1. The Bertz CT molecular complexity index is 527. The minimum Gasteiger partial charge on any atom is -0.338 e. The van der Waals surface area contributed by atoms with Crippen molar-refractivity contribution >= 4 is 5.91 Å². The minimum atomic E-state index is 0.115. The molecular formula is C19H29N3O. The van der Waals surface area contributed by atoms with Crippen molar-refractivity contribution in [3.63, 3.8) is 0 Å². The van der Waals surface area contributed by atoms with Crippen LogP contribution in [0.1, 0.15) is 38.2 Å². The van der Waals surface area contributed by atoms with Gasteiger partial charge in [0.15, 0.2) is 0 Å². The van der Waals surface area contributed by atoms with Crippen LogP contribution in [0.15, 0.2) is 30.3 Å². The van der Waals surface area contributed by atoms with Crippen LogP contribution in [0.5, 0.6) is 0 Å². The molecule has 1 aromatic rings. The fourth-order valence-corrected chi connectivity index (χ4v) is 3.61. The van der Waals surface area contributed by atoms with E-state index in [-0.39, 0.29) is 11.9 Å². The molecule has 1 aliphatic carbocycles. The van der Waals surface area contributed by atoms with Gasteiger partial charge in [0, 0.05) is 37.6 Å². The third-order valence-electron chi connectivity index (χ3n) is 4.90. The highest BCUT2D eigenvalue weighted by molar-refractivity contribution is 5.79. The van der Waals surface area contributed by atoms with Crippen molar-refractivity contribution in [3.05, 3.63) is 35.9 Å². The molecule has 126 valence electrons. The van der Waals surface area contributed by atoms with Crippen LogP contribution in [-0.4, -0.2) is 54.0 Å². The number of amides is 1. The van der Waals surface area contributed by atoms with Crippen LogP contribution in [0.4, 0.5) is 0 Å². The summed E-state index contributed by atoms with van der Waals surface area (Å²) < 4.78 is 0. The summed E-state index contributed by atoms with van der Waals surface area (Å²) in [5.74, 6) is 1.14. The van der Waals surface area contributed by atoms with Crippen molar-refractivity contribution in [2.75, 3.05) is 26.2 Å². The first kappa shape index (κ1) is 16.5. The minimum absolute atomic E-state index is 0.115. The lowest BCUT2D eigenvalue weighted by molar-refractivity contribution is -0.133. The molecule has 0 unspecified atom stereocenters. The van der Waals surface area contributed by atoms with E-state index in [1.807, 2.05) is 6.07 Å². The zero-order valence-corrected chi connectivity index (χ0v) is 14.3. The van der Waals surface area contributed by atoms with E-state index in [0.29, 0.717) is 24.4 Å². The summed E-state index contributed by atoms with van der Waals surface area (Å²) in [5, 5.41) is 0.